The van der Waals surface area contributed by atoms with Crippen molar-refractivity contribution < 1.29 is 5.11 Å². The normalized spacial score (nSPS) is 14.0. The van der Waals surface area contributed by atoms with Gasteiger partial charge in [0.05, 0.1) is 0 Å². The van der Waals surface area contributed by atoms with E-state index in [9.17, 15) is 5.11 Å². The summed E-state index contributed by atoms with van der Waals surface area (Å²) < 4.78 is 0. The summed E-state index contributed by atoms with van der Waals surface area (Å²) in [5.74, 6) is 0. The Hall–Kier alpha value is -1.60. The molecule has 2 aromatic carbocycles. The van der Waals surface area contributed by atoms with Crippen LogP contribution in [-0.4, -0.2) is 5.11 Å². The van der Waals surface area contributed by atoms with Crippen LogP contribution >= 0.6 is 0 Å². The summed E-state index contributed by atoms with van der Waals surface area (Å²) in [4.78, 5) is 0. The van der Waals surface area contributed by atoms with Crippen LogP contribution in [0, 0.1) is 0 Å². The van der Waals surface area contributed by atoms with Gasteiger partial charge in [-0.25, -0.2) is 0 Å². The maximum atomic E-state index is 11.3. The maximum Gasteiger partial charge on any atom is 0.111 e. The molecule has 112 valence electrons. The fourth-order valence-electron chi connectivity index (χ4n) is 3.01. The second-order valence-electron chi connectivity index (χ2n) is 5.80. The lowest BCUT2D eigenvalue weighted by atomic mass is 9.80. The lowest BCUT2D eigenvalue weighted by molar-refractivity contribution is 0.0699. The van der Waals surface area contributed by atoms with Crippen molar-refractivity contribution >= 4 is 10.8 Å². The zero-order valence-electron chi connectivity index (χ0n) is 13.2. The molecular formula is C20H26O. The van der Waals surface area contributed by atoms with E-state index in [1.165, 1.54) is 18.2 Å². The summed E-state index contributed by atoms with van der Waals surface area (Å²) in [5.41, 5.74) is 1.01. The van der Waals surface area contributed by atoms with Crippen LogP contribution in [0.1, 0.15) is 51.5 Å². The summed E-state index contributed by atoms with van der Waals surface area (Å²) in [6.45, 7) is 8.43. The second kappa shape index (κ2) is 6.91. The molecule has 0 bridgehead atoms. The fourth-order valence-corrected chi connectivity index (χ4v) is 3.01. The number of aliphatic hydroxyl groups is 1. The number of hydrogen-bond acceptors (Lipinski definition) is 1. The molecule has 0 aliphatic carbocycles. The summed E-state index contributed by atoms with van der Waals surface area (Å²) in [6.07, 6.45) is 5.02. The predicted molar refractivity (Wildman–Crippen MR) is 91.4 cm³/mol. The highest BCUT2D eigenvalue weighted by molar-refractivity contribution is 5.86. The molecule has 2 rings (SSSR count). The zero-order valence-corrected chi connectivity index (χ0v) is 13.2. The molecule has 1 atom stereocenters. The average Bonchev–Trinajstić information content (AvgIpc) is 2.53. The summed E-state index contributed by atoms with van der Waals surface area (Å²) in [5, 5.41) is 13.6. The molecule has 1 unspecified atom stereocenters. The van der Waals surface area contributed by atoms with Crippen molar-refractivity contribution in [2.75, 3.05) is 0 Å². The minimum absolute atomic E-state index is 0.659. The van der Waals surface area contributed by atoms with Crippen molar-refractivity contribution in [3.63, 3.8) is 0 Å². The van der Waals surface area contributed by atoms with Crippen molar-refractivity contribution in [1.29, 1.82) is 0 Å². The van der Waals surface area contributed by atoms with E-state index in [1.54, 1.807) is 0 Å². The largest absolute Gasteiger partial charge is 0.381 e. The molecule has 0 spiro atoms. The number of fused-ring (bicyclic) bond motifs is 1. The topological polar surface area (TPSA) is 20.2 Å². The third-order valence-corrected chi connectivity index (χ3v) is 4.41. The zero-order chi connectivity index (χ0) is 15.3. The highest BCUT2D eigenvalue weighted by Gasteiger charge is 2.31. The Balaban J connectivity index is 2.40. The van der Waals surface area contributed by atoms with E-state index in [0.717, 1.165) is 29.4 Å². The standard InChI is InChI=1S/C20H26O/c1-4-6-7-11-16(3)20(21,5-2)19-15-10-13-17-12-8-9-14-18(17)19/h8-10,12-15,21H,3-7,11H2,1-2H3. The lowest BCUT2D eigenvalue weighted by Crippen LogP contribution is -2.27. The van der Waals surface area contributed by atoms with Gasteiger partial charge in [0.1, 0.15) is 5.60 Å². The number of benzene rings is 2. The molecule has 0 radical (unpaired) electrons. The van der Waals surface area contributed by atoms with Crippen molar-refractivity contribution in [2.24, 2.45) is 0 Å². The first kappa shape index (κ1) is 15.8. The smallest absolute Gasteiger partial charge is 0.111 e. The average molecular weight is 282 g/mol. The lowest BCUT2D eigenvalue weighted by Gasteiger charge is -2.31. The molecule has 0 aliphatic rings. The van der Waals surface area contributed by atoms with E-state index >= 15 is 0 Å². The molecular weight excluding hydrogens is 256 g/mol. The SMILES string of the molecule is C=C(CCCCC)C(O)(CC)c1cccc2ccccc12. The van der Waals surface area contributed by atoms with E-state index in [2.05, 4.69) is 31.7 Å². The van der Waals surface area contributed by atoms with Crippen LogP contribution < -0.4 is 0 Å². The summed E-state index contributed by atoms with van der Waals surface area (Å²) >= 11 is 0. The Morgan fingerprint density at radius 1 is 1.05 bits per heavy atom. The van der Waals surface area contributed by atoms with Crippen LogP contribution in [0.25, 0.3) is 10.8 Å². The van der Waals surface area contributed by atoms with Crippen LogP contribution in [-0.2, 0) is 5.60 Å². The second-order valence-corrected chi connectivity index (χ2v) is 5.80. The Labute approximate surface area is 128 Å². The Kier molecular flexibility index (Phi) is 5.19. The van der Waals surface area contributed by atoms with E-state index < -0.39 is 5.60 Å². The van der Waals surface area contributed by atoms with Crippen molar-refractivity contribution in [2.45, 2.75) is 51.6 Å². The molecule has 2 aromatic rings. The Morgan fingerprint density at radius 3 is 2.48 bits per heavy atom. The minimum atomic E-state index is -0.922. The Bertz CT molecular complexity index is 609. The molecule has 0 saturated heterocycles. The van der Waals surface area contributed by atoms with Gasteiger partial charge in [0.25, 0.3) is 0 Å². The van der Waals surface area contributed by atoms with E-state index in [0.29, 0.717) is 6.42 Å². The highest BCUT2D eigenvalue weighted by Crippen LogP contribution is 2.38. The van der Waals surface area contributed by atoms with Crippen molar-refractivity contribution in [3.8, 4) is 0 Å². The van der Waals surface area contributed by atoms with Crippen LogP contribution in [0.3, 0.4) is 0 Å². The molecule has 0 saturated carbocycles. The van der Waals surface area contributed by atoms with Crippen LogP contribution in [0.15, 0.2) is 54.6 Å². The quantitative estimate of drug-likeness (QED) is 0.519. The summed E-state index contributed by atoms with van der Waals surface area (Å²) in [6, 6.07) is 14.4. The van der Waals surface area contributed by atoms with Crippen LogP contribution in [0.4, 0.5) is 0 Å². The van der Waals surface area contributed by atoms with Gasteiger partial charge in [0.2, 0.25) is 0 Å². The molecule has 0 amide bonds. The van der Waals surface area contributed by atoms with Gasteiger partial charge < -0.3 is 5.11 Å². The van der Waals surface area contributed by atoms with E-state index in [1.807, 2.05) is 31.2 Å². The third kappa shape index (κ3) is 3.19. The van der Waals surface area contributed by atoms with Gasteiger partial charge >= 0.3 is 0 Å². The molecule has 1 heteroatoms. The number of hydrogen-bond donors (Lipinski definition) is 1. The van der Waals surface area contributed by atoms with Crippen LogP contribution in [0.2, 0.25) is 0 Å². The van der Waals surface area contributed by atoms with Gasteiger partial charge in [-0.15, -0.1) is 0 Å². The van der Waals surface area contributed by atoms with Crippen LogP contribution in [0.5, 0.6) is 0 Å². The van der Waals surface area contributed by atoms with Crippen molar-refractivity contribution in [3.05, 3.63) is 60.2 Å². The molecule has 21 heavy (non-hydrogen) atoms. The number of rotatable bonds is 7. The Morgan fingerprint density at radius 2 is 1.76 bits per heavy atom. The predicted octanol–water partition coefficient (Wildman–Crippen LogP) is 5.57. The first-order valence-corrected chi connectivity index (χ1v) is 8.02. The first-order valence-electron chi connectivity index (χ1n) is 8.02. The first-order chi connectivity index (χ1) is 10.1. The highest BCUT2D eigenvalue weighted by atomic mass is 16.3. The molecule has 0 aliphatic heterocycles. The molecule has 0 aromatic heterocycles. The van der Waals surface area contributed by atoms with Gasteiger partial charge in [0.15, 0.2) is 0 Å². The van der Waals surface area contributed by atoms with E-state index in [-0.39, 0.29) is 0 Å². The molecule has 1 nitrogen and oxygen atoms in total. The fraction of sp³-hybridized carbons (Fsp3) is 0.400. The molecule has 0 fully saturated rings. The van der Waals surface area contributed by atoms with Gasteiger partial charge in [-0.05, 0) is 41.2 Å². The van der Waals surface area contributed by atoms with Gasteiger partial charge in [0, 0.05) is 0 Å². The maximum absolute atomic E-state index is 11.3. The van der Waals surface area contributed by atoms with Crippen molar-refractivity contribution in [1.82, 2.24) is 0 Å². The number of unbranched alkanes of at least 4 members (excludes halogenated alkanes) is 2. The van der Waals surface area contributed by atoms with Gasteiger partial charge in [-0.1, -0.05) is 75.7 Å². The van der Waals surface area contributed by atoms with E-state index in [4.69, 9.17) is 0 Å². The molecule has 1 N–H and O–H groups in total. The summed E-state index contributed by atoms with van der Waals surface area (Å²) in [7, 11) is 0. The monoisotopic (exact) mass is 282 g/mol. The molecule has 0 heterocycles. The van der Waals surface area contributed by atoms with Gasteiger partial charge in [-0.2, -0.15) is 0 Å². The third-order valence-electron chi connectivity index (χ3n) is 4.41. The minimum Gasteiger partial charge on any atom is -0.381 e. The van der Waals surface area contributed by atoms with Gasteiger partial charge in [-0.3, -0.25) is 0 Å².